The van der Waals surface area contributed by atoms with Gasteiger partial charge in [-0.1, -0.05) is 79.7 Å². The molecule has 2 aromatic rings. The molecule has 0 heterocycles. The van der Waals surface area contributed by atoms with Crippen LogP contribution in [0.15, 0.2) is 72.3 Å². The van der Waals surface area contributed by atoms with Crippen LogP contribution in [-0.4, -0.2) is 0 Å². The maximum atomic E-state index is 2.31. The van der Waals surface area contributed by atoms with Gasteiger partial charge in [-0.05, 0) is 34.6 Å². The third kappa shape index (κ3) is 2.53. The Morgan fingerprint density at radius 1 is 0.842 bits per heavy atom. The average molecular weight is 246 g/mol. The maximum absolute atomic E-state index is 2.31. The zero-order valence-corrected chi connectivity index (χ0v) is 11.2. The lowest BCUT2D eigenvalue weighted by atomic mass is 9.75. The predicted octanol–water partition coefficient (Wildman–Crippen LogP) is 5.19. The van der Waals surface area contributed by atoms with Crippen LogP contribution < -0.4 is 0 Å². The molecular weight excluding hydrogens is 228 g/mol. The van der Waals surface area contributed by atoms with Crippen molar-refractivity contribution >= 4 is 11.6 Å². The third-order valence-corrected chi connectivity index (χ3v) is 3.73. The Hall–Kier alpha value is -2.08. The SMILES string of the molecule is CC1CC(C=Cc2ccccc2)=C1c1ccccc1. The summed E-state index contributed by atoms with van der Waals surface area (Å²) < 4.78 is 0. The second-order valence-electron chi connectivity index (χ2n) is 5.15. The molecule has 0 N–H and O–H groups in total. The average Bonchev–Trinajstić information content (AvgIpc) is 2.45. The Balaban J connectivity index is 1.88. The Kier molecular flexibility index (Phi) is 3.33. The highest BCUT2D eigenvalue weighted by molar-refractivity contribution is 5.79. The topological polar surface area (TPSA) is 0 Å². The first-order valence-electron chi connectivity index (χ1n) is 6.86. The first kappa shape index (κ1) is 12.0. The van der Waals surface area contributed by atoms with Gasteiger partial charge in [0, 0.05) is 0 Å². The number of rotatable bonds is 3. The number of hydrogen-bond donors (Lipinski definition) is 0. The van der Waals surface area contributed by atoms with Crippen LogP contribution in [0.1, 0.15) is 24.5 Å². The molecule has 1 aliphatic rings. The van der Waals surface area contributed by atoms with Crippen molar-refractivity contribution in [3.63, 3.8) is 0 Å². The second-order valence-corrected chi connectivity index (χ2v) is 5.15. The van der Waals surface area contributed by atoms with Crippen LogP contribution in [0.4, 0.5) is 0 Å². The van der Waals surface area contributed by atoms with Crippen molar-refractivity contribution < 1.29 is 0 Å². The molecule has 19 heavy (non-hydrogen) atoms. The fourth-order valence-corrected chi connectivity index (χ4v) is 2.73. The van der Waals surface area contributed by atoms with E-state index >= 15 is 0 Å². The molecule has 1 aliphatic carbocycles. The van der Waals surface area contributed by atoms with Crippen molar-refractivity contribution in [2.45, 2.75) is 13.3 Å². The van der Waals surface area contributed by atoms with Gasteiger partial charge in [-0.2, -0.15) is 0 Å². The summed E-state index contributed by atoms with van der Waals surface area (Å²) in [6.45, 7) is 2.31. The summed E-state index contributed by atoms with van der Waals surface area (Å²) in [6, 6.07) is 21.2. The van der Waals surface area contributed by atoms with E-state index in [0.717, 1.165) is 0 Å². The van der Waals surface area contributed by atoms with Crippen molar-refractivity contribution in [2.75, 3.05) is 0 Å². The van der Waals surface area contributed by atoms with Crippen molar-refractivity contribution in [2.24, 2.45) is 5.92 Å². The zero-order chi connectivity index (χ0) is 13.1. The summed E-state index contributed by atoms with van der Waals surface area (Å²) >= 11 is 0. The maximum Gasteiger partial charge on any atom is -0.0141 e. The Morgan fingerprint density at radius 2 is 1.47 bits per heavy atom. The highest BCUT2D eigenvalue weighted by Crippen LogP contribution is 2.42. The molecule has 0 spiro atoms. The van der Waals surface area contributed by atoms with Crippen LogP contribution in [0.3, 0.4) is 0 Å². The highest BCUT2D eigenvalue weighted by atomic mass is 14.3. The van der Waals surface area contributed by atoms with Gasteiger partial charge in [0.1, 0.15) is 0 Å². The highest BCUT2D eigenvalue weighted by Gasteiger charge is 2.24. The van der Waals surface area contributed by atoms with Crippen LogP contribution in [0.2, 0.25) is 0 Å². The molecule has 1 atom stereocenters. The van der Waals surface area contributed by atoms with E-state index in [-0.39, 0.29) is 0 Å². The summed E-state index contributed by atoms with van der Waals surface area (Å²) in [6.07, 6.45) is 5.68. The van der Waals surface area contributed by atoms with E-state index in [1.807, 2.05) is 0 Å². The molecule has 0 heteroatoms. The van der Waals surface area contributed by atoms with Crippen LogP contribution >= 0.6 is 0 Å². The van der Waals surface area contributed by atoms with Gasteiger partial charge in [-0.15, -0.1) is 0 Å². The molecule has 0 aliphatic heterocycles. The van der Waals surface area contributed by atoms with Crippen molar-refractivity contribution in [1.82, 2.24) is 0 Å². The number of allylic oxidation sites excluding steroid dienone is 3. The second kappa shape index (κ2) is 5.27. The first-order valence-corrected chi connectivity index (χ1v) is 6.86. The lowest BCUT2D eigenvalue weighted by Crippen LogP contribution is -2.13. The molecule has 1 unspecified atom stereocenters. The lowest BCUT2D eigenvalue weighted by Gasteiger charge is -2.30. The molecule has 94 valence electrons. The van der Waals surface area contributed by atoms with E-state index in [0.29, 0.717) is 5.92 Å². The molecule has 0 fully saturated rings. The Morgan fingerprint density at radius 3 is 2.11 bits per heavy atom. The first-order chi connectivity index (χ1) is 9.34. The van der Waals surface area contributed by atoms with Gasteiger partial charge in [0.05, 0.1) is 0 Å². The van der Waals surface area contributed by atoms with Crippen LogP contribution in [-0.2, 0) is 0 Å². The Bertz CT molecular complexity index is 603. The predicted molar refractivity (Wildman–Crippen MR) is 82.6 cm³/mol. The molecule has 0 bridgehead atoms. The standard InChI is InChI=1S/C19H18/c1-15-14-18(13-12-16-8-4-2-5-9-16)19(15)17-10-6-3-7-11-17/h2-13,15H,14H2,1H3. The van der Waals surface area contributed by atoms with Crippen molar-refractivity contribution in [3.8, 4) is 0 Å². The van der Waals surface area contributed by atoms with Gasteiger partial charge in [0.2, 0.25) is 0 Å². The van der Waals surface area contributed by atoms with Crippen molar-refractivity contribution in [3.05, 3.63) is 83.4 Å². The van der Waals surface area contributed by atoms with E-state index in [9.17, 15) is 0 Å². The summed E-state index contributed by atoms with van der Waals surface area (Å²) in [7, 11) is 0. The normalized spacial score (nSPS) is 18.7. The van der Waals surface area contributed by atoms with E-state index < -0.39 is 0 Å². The number of hydrogen-bond acceptors (Lipinski definition) is 0. The minimum atomic E-state index is 0.679. The van der Waals surface area contributed by atoms with Crippen LogP contribution in [0, 0.1) is 5.92 Å². The fourth-order valence-electron chi connectivity index (χ4n) is 2.73. The van der Waals surface area contributed by atoms with E-state index in [2.05, 4.69) is 79.7 Å². The molecule has 0 nitrogen and oxygen atoms in total. The minimum absolute atomic E-state index is 0.679. The molecule has 0 amide bonds. The molecule has 2 aromatic carbocycles. The third-order valence-electron chi connectivity index (χ3n) is 3.73. The Labute approximate surface area is 115 Å². The fraction of sp³-hybridized carbons (Fsp3) is 0.158. The van der Waals surface area contributed by atoms with E-state index in [1.165, 1.54) is 28.7 Å². The van der Waals surface area contributed by atoms with Gasteiger partial charge >= 0.3 is 0 Å². The molecule has 3 rings (SSSR count). The molecule has 0 radical (unpaired) electrons. The monoisotopic (exact) mass is 246 g/mol. The summed E-state index contributed by atoms with van der Waals surface area (Å²) in [5.41, 5.74) is 5.62. The van der Waals surface area contributed by atoms with Gasteiger partial charge in [-0.3, -0.25) is 0 Å². The summed E-state index contributed by atoms with van der Waals surface area (Å²) in [5.74, 6) is 0.679. The largest absolute Gasteiger partial charge is 0.0622 e. The lowest BCUT2D eigenvalue weighted by molar-refractivity contribution is 0.682. The molecule has 0 saturated heterocycles. The van der Waals surface area contributed by atoms with Gasteiger partial charge in [0.25, 0.3) is 0 Å². The summed E-state index contributed by atoms with van der Waals surface area (Å²) in [4.78, 5) is 0. The minimum Gasteiger partial charge on any atom is -0.0622 e. The quantitative estimate of drug-likeness (QED) is 0.698. The zero-order valence-electron chi connectivity index (χ0n) is 11.2. The van der Waals surface area contributed by atoms with Crippen molar-refractivity contribution in [1.29, 1.82) is 0 Å². The number of benzene rings is 2. The van der Waals surface area contributed by atoms with Gasteiger partial charge in [0.15, 0.2) is 0 Å². The molecule has 0 aromatic heterocycles. The smallest absolute Gasteiger partial charge is 0.0141 e. The molecule has 0 saturated carbocycles. The van der Waals surface area contributed by atoms with E-state index in [4.69, 9.17) is 0 Å². The van der Waals surface area contributed by atoms with Crippen LogP contribution in [0.5, 0.6) is 0 Å². The molecular formula is C19H18. The van der Waals surface area contributed by atoms with E-state index in [1.54, 1.807) is 0 Å². The van der Waals surface area contributed by atoms with Crippen LogP contribution in [0.25, 0.3) is 11.6 Å². The van der Waals surface area contributed by atoms with Gasteiger partial charge < -0.3 is 0 Å². The summed E-state index contributed by atoms with van der Waals surface area (Å²) in [5, 5.41) is 0. The van der Waals surface area contributed by atoms with Gasteiger partial charge in [-0.25, -0.2) is 0 Å².